The average Bonchev–Trinajstić information content (AvgIpc) is 1.72. The molecule has 7 heavy (non-hydrogen) atoms. The summed E-state index contributed by atoms with van der Waals surface area (Å²) >= 11 is 0. The molecule has 0 bridgehead atoms. The molecule has 0 radical (unpaired) electrons. The van der Waals surface area contributed by atoms with Crippen LogP contribution in [-0.4, -0.2) is 0 Å². The summed E-state index contributed by atoms with van der Waals surface area (Å²) in [6.45, 7) is 0. The molecule has 0 aliphatic rings. The molecular weight excluding hydrogens is 187 g/mol. The van der Waals surface area contributed by atoms with Gasteiger partial charge in [0.1, 0.15) is 0 Å². The van der Waals surface area contributed by atoms with Crippen LogP contribution in [0, 0.1) is 0 Å². The molecule has 0 saturated heterocycles. The summed E-state index contributed by atoms with van der Waals surface area (Å²) in [6.07, 6.45) is 0. The molecule has 0 fully saturated rings. The van der Waals surface area contributed by atoms with E-state index in [4.69, 9.17) is 0 Å². The van der Waals surface area contributed by atoms with Crippen LogP contribution in [0.2, 0.25) is 0 Å². The first kappa shape index (κ1) is 7.34. The van der Waals surface area contributed by atoms with Crippen molar-refractivity contribution in [3.63, 3.8) is 0 Å². The normalized spacial score (nSPS) is 6.86. The van der Waals surface area contributed by atoms with E-state index in [2.05, 4.69) is 11.6 Å². The first-order valence-electron chi connectivity index (χ1n) is 1.85. The quantitative estimate of drug-likeness (QED) is 0.553. The van der Waals surface area contributed by atoms with E-state index in [9.17, 15) is 0 Å². The van der Waals surface area contributed by atoms with Crippen LogP contribution < -0.4 is 0 Å². The van der Waals surface area contributed by atoms with Crippen LogP contribution in [0.5, 0.6) is 0 Å². The molecule has 0 unspecified atom stereocenters. The van der Waals surface area contributed by atoms with Crippen molar-refractivity contribution < 1.29 is 21.1 Å². The van der Waals surface area contributed by atoms with Crippen molar-refractivity contribution in [2.75, 3.05) is 0 Å². The molecular formula is C5H5MoP. The minimum absolute atomic E-state index is 0. The van der Waals surface area contributed by atoms with Gasteiger partial charge < -0.3 is 0 Å². The maximum atomic E-state index is 2.10. The summed E-state index contributed by atoms with van der Waals surface area (Å²) < 4.78 is 0. The Morgan fingerprint density at radius 1 is 0.857 bits per heavy atom. The molecule has 1 heterocycles. The van der Waals surface area contributed by atoms with E-state index in [1.54, 1.807) is 0 Å². The van der Waals surface area contributed by atoms with E-state index in [1.165, 1.54) is 8.19 Å². The van der Waals surface area contributed by atoms with Crippen molar-refractivity contribution in [3.8, 4) is 0 Å². The van der Waals surface area contributed by atoms with Crippen LogP contribution in [0.4, 0.5) is 0 Å². The minimum atomic E-state index is 0. The zero-order valence-electron chi connectivity index (χ0n) is 3.74. The van der Waals surface area contributed by atoms with Crippen LogP contribution in [0.15, 0.2) is 29.8 Å². The predicted molar refractivity (Wildman–Crippen MR) is 29.0 cm³/mol. The molecule has 0 saturated carbocycles. The van der Waals surface area contributed by atoms with Gasteiger partial charge in [-0.25, -0.2) is 0 Å². The smallest absolute Gasteiger partial charge is 0 e. The van der Waals surface area contributed by atoms with Crippen LogP contribution in [0.25, 0.3) is 0 Å². The van der Waals surface area contributed by atoms with Gasteiger partial charge in [-0.2, -0.15) is 0 Å². The first-order chi connectivity index (χ1) is 3.00. The van der Waals surface area contributed by atoms with Crippen LogP contribution in [0.1, 0.15) is 0 Å². The molecule has 0 N–H and O–H groups in total. The third-order valence-electron chi connectivity index (χ3n) is 0.566. The molecule has 0 aliphatic carbocycles. The molecule has 2 heteroatoms. The molecule has 0 atom stereocenters. The molecule has 1 aromatic rings. The Balaban J connectivity index is 0.000000360. The number of hydrogen-bond acceptors (Lipinski definition) is 0. The van der Waals surface area contributed by atoms with E-state index in [0.717, 1.165) is 0 Å². The zero-order chi connectivity index (χ0) is 4.24. The fourth-order valence-corrected chi connectivity index (χ4v) is 0.810. The molecule has 1 rings (SSSR count). The van der Waals surface area contributed by atoms with Crippen molar-refractivity contribution >= 4 is 8.19 Å². The summed E-state index contributed by atoms with van der Waals surface area (Å²) in [7, 11) is 1.31. The maximum absolute atomic E-state index is 2.10. The van der Waals surface area contributed by atoms with Crippen molar-refractivity contribution in [1.82, 2.24) is 0 Å². The Kier molecular flexibility index (Phi) is 4.71. The molecule has 1 aromatic heterocycles. The average molecular weight is 192 g/mol. The maximum Gasteiger partial charge on any atom is 0 e. The topological polar surface area (TPSA) is 0 Å². The molecule has 0 aliphatic heterocycles. The molecule has 0 aromatic carbocycles. The second kappa shape index (κ2) is 4.50. The Bertz CT molecular complexity index is 80.0. The first-order valence-corrected chi connectivity index (χ1v) is 2.88. The summed E-state index contributed by atoms with van der Waals surface area (Å²) in [5.74, 6) is 4.19. The fourth-order valence-electron chi connectivity index (χ4n) is 0.313. The summed E-state index contributed by atoms with van der Waals surface area (Å²) in [5.41, 5.74) is 0. The van der Waals surface area contributed by atoms with Gasteiger partial charge in [0.05, 0.1) is 0 Å². The van der Waals surface area contributed by atoms with Crippen molar-refractivity contribution in [2.45, 2.75) is 0 Å². The largest absolute Gasteiger partial charge is 0.0765 e. The summed E-state index contributed by atoms with van der Waals surface area (Å²) in [5, 5.41) is 0. The van der Waals surface area contributed by atoms with E-state index in [1.807, 2.05) is 18.2 Å². The van der Waals surface area contributed by atoms with Gasteiger partial charge in [0.25, 0.3) is 0 Å². The van der Waals surface area contributed by atoms with Gasteiger partial charge in [-0.1, -0.05) is 26.4 Å². The zero-order valence-corrected chi connectivity index (χ0v) is 6.64. The Labute approximate surface area is 59.3 Å². The van der Waals surface area contributed by atoms with Gasteiger partial charge in [0.2, 0.25) is 0 Å². The Hall–Kier alpha value is 0.338. The molecule has 36 valence electrons. The van der Waals surface area contributed by atoms with E-state index in [-0.39, 0.29) is 21.1 Å². The summed E-state index contributed by atoms with van der Waals surface area (Å²) in [6, 6.07) is 6.11. The van der Waals surface area contributed by atoms with Gasteiger partial charge in [-0.05, 0) is 11.6 Å². The monoisotopic (exact) mass is 194 g/mol. The SMILES string of the molecule is [Mo].c1ccpcc1. The fraction of sp³-hybridized carbons (Fsp3) is 0. The Morgan fingerprint density at radius 3 is 1.57 bits per heavy atom. The van der Waals surface area contributed by atoms with E-state index < -0.39 is 0 Å². The van der Waals surface area contributed by atoms with Crippen molar-refractivity contribution in [2.24, 2.45) is 0 Å². The second-order valence-electron chi connectivity index (χ2n) is 1.02. The number of hydrogen-bond donors (Lipinski definition) is 0. The third kappa shape index (κ3) is 2.97. The second-order valence-corrected chi connectivity index (χ2v) is 1.92. The van der Waals surface area contributed by atoms with Gasteiger partial charge in [0, 0.05) is 21.1 Å². The third-order valence-corrected chi connectivity index (χ3v) is 1.26. The molecule has 0 nitrogen and oxygen atoms in total. The van der Waals surface area contributed by atoms with Crippen LogP contribution in [0.3, 0.4) is 0 Å². The van der Waals surface area contributed by atoms with Crippen LogP contribution in [-0.2, 0) is 21.1 Å². The van der Waals surface area contributed by atoms with Crippen molar-refractivity contribution in [1.29, 1.82) is 0 Å². The summed E-state index contributed by atoms with van der Waals surface area (Å²) in [4.78, 5) is 0. The minimum Gasteiger partial charge on any atom is -0.0765 e. The van der Waals surface area contributed by atoms with E-state index in [0.29, 0.717) is 0 Å². The molecule has 0 spiro atoms. The van der Waals surface area contributed by atoms with Gasteiger partial charge in [0.15, 0.2) is 0 Å². The van der Waals surface area contributed by atoms with Gasteiger partial charge in [-0.15, -0.1) is 0 Å². The standard InChI is InChI=1S/C5H5P.Mo/c1-2-4-6-5-3-1;/h1-5H;. The van der Waals surface area contributed by atoms with E-state index >= 15 is 0 Å². The number of rotatable bonds is 0. The van der Waals surface area contributed by atoms with Crippen molar-refractivity contribution in [3.05, 3.63) is 29.8 Å². The van der Waals surface area contributed by atoms with Gasteiger partial charge >= 0.3 is 0 Å². The van der Waals surface area contributed by atoms with Gasteiger partial charge in [-0.3, -0.25) is 0 Å². The predicted octanol–water partition coefficient (Wildman–Crippen LogP) is 2.26. The molecule has 0 amide bonds. The van der Waals surface area contributed by atoms with Crippen LogP contribution >= 0.6 is 8.19 Å². The Morgan fingerprint density at radius 2 is 1.43 bits per heavy atom.